The van der Waals surface area contributed by atoms with Crippen molar-refractivity contribution in [1.82, 2.24) is 15.0 Å². The Morgan fingerprint density at radius 2 is 2.24 bits per heavy atom. The second-order valence-corrected chi connectivity index (χ2v) is 4.77. The molecule has 0 unspecified atom stereocenters. The van der Waals surface area contributed by atoms with Gasteiger partial charge in [-0.3, -0.25) is 4.68 Å². The average molecular weight is 295 g/mol. The number of benzene rings is 1. The number of hydrogen-bond donors (Lipinski definition) is 1. The molecule has 0 fully saturated rings. The molecule has 2 aromatic rings. The van der Waals surface area contributed by atoms with E-state index in [0.29, 0.717) is 0 Å². The van der Waals surface area contributed by atoms with E-state index in [4.69, 9.17) is 0 Å². The van der Waals surface area contributed by atoms with Crippen molar-refractivity contribution in [2.45, 2.75) is 19.9 Å². The Labute approximate surface area is 109 Å². The van der Waals surface area contributed by atoms with E-state index in [-0.39, 0.29) is 0 Å². The van der Waals surface area contributed by atoms with Crippen LogP contribution in [0.3, 0.4) is 0 Å². The molecule has 17 heavy (non-hydrogen) atoms. The fourth-order valence-corrected chi connectivity index (χ4v) is 2.09. The molecule has 0 aliphatic heterocycles. The molecule has 0 saturated carbocycles. The number of anilines is 1. The van der Waals surface area contributed by atoms with Gasteiger partial charge < -0.3 is 5.32 Å². The number of nitrogens with one attached hydrogen (secondary N) is 1. The smallest absolute Gasteiger partial charge is 0.0774 e. The highest BCUT2D eigenvalue weighted by molar-refractivity contribution is 9.10. The van der Waals surface area contributed by atoms with Gasteiger partial charge in [0.2, 0.25) is 0 Å². The summed E-state index contributed by atoms with van der Waals surface area (Å²) in [6.45, 7) is 2.89. The van der Waals surface area contributed by atoms with Gasteiger partial charge in [0.05, 0.1) is 18.4 Å². The van der Waals surface area contributed by atoms with Crippen LogP contribution >= 0.6 is 15.9 Å². The summed E-state index contributed by atoms with van der Waals surface area (Å²) in [5.74, 6) is 0. The maximum atomic E-state index is 3.90. The zero-order valence-corrected chi connectivity index (χ0v) is 11.5. The number of hydrogen-bond acceptors (Lipinski definition) is 3. The zero-order chi connectivity index (χ0) is 12.3. The Morgan fingerprint density at radius 3 is 2.88 bits per heavy atom. The van der Waals surface area contributed by atoms with Crippen LogP contribution in [0.4, 0.5) is 5.69 Å². The van der Waals surface area contributed by atoms with E-state index in [2.05, 4.69) is 50.6 Å². The minimum atomic E-state index is 0.734. The van der Waals surface area contributed by atoms with Crippen LogP contribution in [0.1, 0.15) is 18.2 Å². The van der Waals surface area contributed by atoms with Crippen LogP contribution in [0.15, 0.2) is 28.9 Å². The first-order valence-corrected chi connectivity index (χ1v) is 6.36. The Kier molecular flexibility index (Phi) is 3.78. The van der Waals surface area contributed by atoms with Gasteiger partial charge in [-0.15, -0.1) is 5.10 Å². The largest absolute Gasteiger partial charge is 0.379 e. The van der Waals surface area contributed by atoms with Crippen LogP contribution in [0, 0.1) is 0 Å². The molecular formula is C12H15BrN4. The Morgan fingerprint density at radius 1 is 1.41 bits per heavy atom. The van der Waals surface area contributed by atoms with Crippen molar-refractivity contribution in [3.8, 4) is 0 Å². The fourth-order valence-electron chi connectivity index (χ4n) is 1.68. The second kappa shape index (κ2) is 5.31. The minimum absolute atomic E-state index is 0.734. The molecule has 0 atom stereocenters. The van der Waals surface area contributed by atoms with Crippen LogP contribution in [0.25, 0.3) is 0 Å². The third-order valence-corrected chi connectivity index (χ3v) is 3.21. The van der Waals surface area contributed by atoms with Gasteiger partial charge in [-0.05, 0) is 30.2 Å². The number of aryl methyl sites for hydroxylation is 2. The van der Waals surface area contributed by atoms with Gasteiger partial charge in [0, 0.05) is 17.2 Å². The van der Waals surface area contributed by atoms with E-state index in [0.717, 1.165) is 28.8 Å². The number of rotatable bonds is 4. The highest BCUT2D eigenvalue weighted by Crippen LogP contribution is 2.21. The van der Waals surface area contributed by atoms with Gasteiger partial charge in [0.15, 0.2) is 0 Å². The molecule has 0 aliphatic rings. The van der Waals surface area contributed by atoms with Crippen molar-refractivity contribution in [1.29, 1.82) is 0 Å². The maximum Gasteiger partial charge on any atom is 0.0774 e. The van der Waals surface area contributed by atoms with Gasteiger partial charge in [-0.2, -0.15) is 0 Å². The standard InChI is InChI=1S/C12H15BrN4/c1-3-9-6-10(13)4-5-12(9)14-7-11-8-15-16-17(11)2/h4-6,8,14H,3,7H2,1-2H3. The molecule has 2 rings (SSSR count). The van der Waals surface area contributed by atoms with Crippen LogP contribution in [-0.4, -0.2) is 15.0 Å². The van der Waals surface area contributed by atoms with Gasteiger partial charge in [0.1, 0.15) is 0 Å². The molecule has 1 aromatic carbocycles. The van der Waals surface area contributed by atoms with E-state index in [1.165, 1.54) is 5.56 Å². The summed E-state index contributed by atoms with van der Waals surface area (Å²) in [5, 5.41) is 11.2. The molecule has 1 aromatic heterocycles. The SMILES string of the molecule is CCc1cc(Br)ccc1NCc1cnnn1C. The van der Waals surface area contributed by atoms with Gasteiger partial charge in [-0.1, -0.05) is 28.1 Å². The maximum absolute atomic E-state index is 3.90. The predicted octanol–water partition coefficient (Wildman–Crippen LogP) is 2.75. The zero-order valence-electron chi connectivity index (χ0n) is 9.94. The number of nitrogens with zero attached hydrogens (tertiary/aromatic N) is 3. The van der Waals surface area contributed by atoms with Crippen molar-refractivity contribution in [3.05, 3.63) is 40.1 Å². The lowest BCUT2D eigenvalue weighted by Gasteiger charge is -2.11. The summed E-state index contributed by atoms with van der Waals surface area (Å²) >= 11 is 3.49. The summed E-state index contributed by atoms with van der Waals surface area (Å²) in [7, 11) is 1.90. The number of halogens is 1. The molecule has 4 nitrogen and oxygen atoms in total. The lowest BCUT2D eigenvalue weighted by atomic mass is 10.1. The monoisotopic (exact) mass is 294 g/mol. The molecule has 0 bridgehead atoms. The molecule has 90 valence electrons. The molecule has 0 radical (unpaired) electrons. The second-order valence-electron chi connectivity index (χ2n) is 3.86. The normalized spacial score (nSPS) is 10.5. The molecule has 1 N–H and O–H groups in total. The van der Waals surface area contributed by atoms with Crippen molar-refractivity contribution in [3.63, 3.8) is 0 Å². The minimum Gasteiger partial charge on any atom is -0.379 e. The Balaban J connectivity index is 2.11. The van der Waals surface area contributed by atoms with Crippen molar-refractivity contribution >= 4 is 21.6 Å². The third-order valence-electron chi connectivity index (χ3n) is 2.72. The molecule has 5 heteroatoms. The number of aromatic nitrogens is 3. The molecule has 0 amide bonds. The Hall–Kier alpha value is -1.36. The van der Waals surface area contributed by atoms with Crippen molar-refractivity contribution in [2.24, 2.45) is 7.05 Å². The molecule has 1 heterocycles. The quantitative estimate of drug-likeness (QED) is 0.943. The first-order chi connectivity index (χ1) is 8.20. The van der Waals surface area contributed by atoms with E-state index < -0.39 is 0 Å². The van der Waals surface area contributed by atoms with Crippen LogP contribution in [-0.2, 0) is 20.0 Å². The van der Waals surface area contributed by atoms with Gasteiger partial charge >= 0.3 is 0 Å². The lowest BCUT2D eigenvalue weighted by molar-refractivity contribution is 0.683. The molecule has 0 spiro atoms. The van der Waals surface area contributed by atoms with Gasteiger partial charge in [-0.25, -0.2) is 0 Å². The fraction of sp³-hybridized carbons (Fsp3) is 0.333. The molecule has 0 aliphatic carbocycles. The highest BCUT2D eigenvalue weighted by atomic mass is 79.9. The van der Waals surface area contributed by atoms with E-state index in [1.807, 2.05) is 13.1 Å². The highest BCUT2D eigenvalue weighted by Gasteiger charge is 2.03. The summed E-state index contributed by atoms with van der Waals surface area (Å²) in [6, 6.07) is 6.28. The molecular weight excluding hydrogens is 280 g/mol. The first-order valence-electron chi connectivity index (χ1n) is 5.56. The van der Waals surface area contributed by atoms with Crippen molar-refractivity contribution < 1.29 is 0 Å². The Bertz CT molecular complexity index is 507. The lowest BCUT2D eigenvalue weighted by Crippen LogP contribution is -2.06. The summed E-state index contributed by atoms with van der Waals surface area (Å²) in [6.07, 6.45) is 2.78. The van der Waals surface area contributed by atoms with Gasteiger partial charge in [0.25, 0.3) is 0 Å². The van der Waals surface area contributed by atoms with Crippen LogP contribution in [0.2, 0.25) is 0 Å². The topological polar surface area (TPSA) is 42.7 Å². The van der Waals surface area contributed by atoms with Crippen molar-refractivity contribution in [2.75, 3.05) is 5.32 Å². The molecule has 0 saturated heterocycles. The average Bonchev–Trinajstić information content (AvgIpc) is 2.73. The summed E-state index contributed by atoms with van der Waals surface area (Å²) < 4.78 is 2.89. The summed E-state index contributed by atoms with van der Waals surface area (Å²) in [5.41, 5.74) is 3.53. The third kappa shape index (κ3) is 2.85. The van der Waals surface area contributed by atoms with Crippen LogP contribution in [0.5, 0.6) is 0 Å². The summed E-state index contributed by atoms with van der Waals surface area (Å²) in [4.78, 5) is 0. The van der Waals surface area contributed by atoms with E-state index in [1.54, 1.807) is 10.9 Å². The van der Waals surface area contributed by atoms with E-state index >= 15 is 0 Å². The van der Waals surface area contributed by atoms with Crippen LogP contribution < -0.4 is 5.32 Å². The first kappa shape index (κ1) is 12.1. The predicted molar refractivity (Wildman–Crippen MR) is 71.8 cm³/mol. The van der Waals surface area contributed by atoms with E-state index in [9.17, 15) is 0 Å².